The summed E-state index contributed by atoms with van der Waals surface area (Å²) in [6, 6.07) is 0. The van der Waals surface area contributed by atoms with Crippen molar-refractivity contribution in [3.05, 3.63) is 47.1 Å². The van der Waals surface area contributed by atoms with Crippen molar-refractivity contribution in [1.29, 1.82) is 0 Å². The third kappa shape index (κ3) is 9.87. The summed E-state index contributed by atoms with van der Waals surface area (Å²) in [5, 5.41) is 0. The molecule has 0 N–H and O–H groups in total. The molecule has 1 aliphatic rings. The van der Waals surface area contributed by atoms with Crippen LogP contribution in [0.3, 0.4) is 0 Å². The molecule has 0 aromatic rings. The number of halogens is 2. The Hall–Kier alpha value is -1.18. The molecule has 178 valence electrons. The topological polar surface area (TPSA) is 0 Å². The fourth-order valence-corrected chi connectivity index (χ4v) is 4.36. The summed E-state index contributed by atoms with van der Waals surface area (Å²) in [4.78, 5) is 0. The van der Waals surface area contributed by atoms with E-state index in [1.54, 1.807) is 6.92 Å². The lowest BCUT2D eigenvalue weighted by molar-refractivity contribution is 0.329. The molecule has 1 saturated carbocycles. The van der Waals surface area contributed by atoms with Crippen molar-refractivity contribution >= 4 is 0 Å². The summed E-state index contributed by atoms with van der Waals surface area (Å²) in [6.07, 6.45) is 16.5. The van der Waals surface area contributed by atoms with E-state index in [2.05, 4.69) is 45.9 Å². The quantitative estimate of drug-likeness (QED) is 0.224. The average molecular weight is 435 g/mol. The highest BCUT2D eigenvalue weighted by Crippen LogP contribution is 2.33. The minimum absolute atomic E-state index is 0.0387. The first-order valence-corrected chi connectivity index (χ1v) is 12.7. The van der Waals surface area contributed by atoms with Gasteiger partial charge >= 0.3 is 0 Å². The van der Waals surface area contributed by atoms with Gasteiger partial charge in [0.15, 0.2) is 11.7 Å². The van der Waals surface area contributed by atoms with Crippen molar-refractivity contribution in [2.24, 2.45) is 35.5 Å². The predicted molar refractivity (Wildman–Crippen MR) is 133 cm³/mol. The second-order valence-electron chi connectivity index (χ2n) is 10.5. The smallest absolute Gasteiger partial charge is 0.158 e. The van der Waals surface area contributed by atoms with E-state index >= 15 is 4.39 Å². The molecule has 0 spiro atoms. The van der Waals surface area contributed by atoms with Crippen molar-refractivity contribution in [3.8, 4) is 0 Å². The van der Waals surface area contributed by atoms with Gasteiger partial charge in [-0.25, -0.2) is 8.78 Å². The zero-order valence-corrected chi connectivity index (χ0v) is 21.5. The standard InChI is InChI=1S/C29H48F2/c1-9-27(24(7)15-10-20(2)3)29(31)28(30)25(8)23(6)16-11-21(4)12-17-26-18-13-22(5)14-19-26/h10,12,15,17,20-24,26H,9,11,13-14,16,18-19H2,1-8H3/b15-10-,17-12+,28-25-,29-27-. The molecule has 0 aliphatic heterocycles. The van der Waals surface area contributed by atoms with Crippen molar-refractivity contribution in [3.63, 3.8) is 0 Å². The summed E-state index contributed by atoms with van der Waals surface area (Å²) >= 11 is 0. The van der Waals surface area contributed by atoms with Crippen LogP contribution in [-0.4, -0.2) is 0 Å². The number of hydrogen-bond donors (Lipinski definition) is 0. The van der Waals surface area contributed by atoms with Crippen LogP contribution in [0.15, 0.2) is 47.1 Å². The maximum atomic E-state index is 15.0. The molecular weight excluding hydrogens is 386 g/mol. The third-order valence-corrected chi connectivity index (χ3v) is 7.10. The van der Waals surface area contributed by atoms with Crippen LogP contribution in [0.4, 0.5) is 8.78 Å². The van der Waals surface area contributed by atoms with Gasteiger partial charge in [0.1, 0.15) is 0 Å². The summed E-state index contributed by atoms with van der Waals surface area (Å²) in [5.41, 5.74) is 1.10. The first-order chi connectivity index (χ1) is 14.6. The fourth-order valence-electron chi connectivity index (χ4n) is 4.36. The molecule has 1 fully saturated rings. The molecule has 0 saturated heterocycles. The van der Waals surface area contributed by atoms with Gasteiger partial charge in [0, 0.05) is 0 Å². The average Bonchev–Trinajstić information content (AvgIpc) is 2.74. The molecule has 31 heavy (non-hydrogen) atoms. The highest BCUT2D eigenvalue weighted by molar-refractivity contribution is 5.32. The molecule has 0 radical (unpaired) electrons. The maximum absolute atomic E-state index is 15.0. The summed E-state index contributed by atoms with van der Waals surface area (Å²) in [5.74, 6) is 1.15. The van der Waals surface area contributed by atoms with E-state index in [9.17, 15) is 4.39 Å². The van der Waals surface area contributed by atoms with Crippen LogP contribution >= 0.6 is 0 Å². The maximum Gasteiger partial charge on any atom is 0.158 e. The first-order valence-electron chi connectivity index (χ1n) is 12.7. The van der Waals surface area contributed by atoms with E-state index in [1.165, 1.54) is 25.7 Å². The van der Waals surface area contributed by atoms with Crippen molar-refractivity contribution in [1.82, 2.24) is 0 Å². The zero-order valence-electron chi connectivity index (χ0n) is 21.5. The molecule has 0 heterocycles. The Morgan fingerprint density at radius 2 is 1.48 bits per heavy atom. The van der Waals surface area contributed by atoms with E-state index < -0.39 is 11.7 Å². The van der Waals surface area contributed by atoms with E-state index in [-0.39, 0.29) is 11.8 Å². The van der Waals surface area contributed by atoms with Gasteiger partial charge in [-0.2, -0.15) is 0 Å². The van der Waals surface area contributed by atoms with Gasteiger partial charge < -0.3 is 0 Å². The molecule has 0 amide bonds. The molecule has 0 nitrogen and oxygen atoms in total. The Morgan fingerprint density at radius 1 is 0.871 bits per heavy atom. The minimum atomic E-state index is -0.646. The zero-order chi connectivity index (χ0) is 23.6. The van der Waals surface area contributed by atoms with Gasteiger partial charge in [-0.15, -0.1) is 0 Å². The molecule has 0 aromatic carbocycles. The normalized spacial score (nSPS) is 25.0. The van der Waals surface area contributed by atoms with E-state index in [0.29, 0.717) is 29.4 Å². The van der Waals surface area contributed by atoms with E-state index in [4.69, 9.17) is 0 Å². The molecule has 2 heteroatoms. The minimum Gasteiger partial charge on any atom is -0.204 e. The largest absolute Gasteiger partial charge is 0.204 e. The van der Waals surface area contributed by atoms with Crippen molar-refractivity contribution in [2.75, 3.05) is 0 Å². The SMILES string of the molecule is CC/C(=C(F)\C(F)=C(/C)C(C)CCC(C)/C=C/C1CCC(C)CC1)C(C)/C=C\C(C)C. The lowest BCUT2D eigenvalue weighted by atomic mass is 9.82. The molecule has 3 unspecified atom stereocenters. The van der Waals surface area contributed by atoms with Crippen LogP contribution in [-0.2, 0) is 0 Å². The molecular formula is C29H48F2. The molecule has 1 aliphatic carbocycles. The van der Waals surface area contributed by atoms with Crippen LogP contribution in [0.5, 0.6) is 0 Å². The van der Waals surface area contributed by atoms with Crippen LogP contribution < -0.4 is 0 Å². The van der Waals surface area contributed by atoms with Crippen molar-refractivity contribution in [2.45, 2.75) is 100 Å². The van der Waals surface area contributed by atoms with Gasteiger partial charge in [-0.05, 0) is 85.7 Å². The Morgan fingerprint density at radius 3 is 2.03 bits per heavy atom. The summed E-state index contributed by atoms with van der Waals surface area (Å²) in [6.45, 7) is 16.4. The van der Waals surface area contributed by atoms with Gasteiger partial charge in [0.05, 0.1) is 0 Å². The molecule has 1 rings (SSSR count). The second kappa shape index (κ2) is 14.1. The van der Waals surface area contributed by atoms with E-state index in [1.807, 2.05) is 26.8 Å². The Kier molecular flexibility index (Phi) is 12.6. The second-order valence-corrected chi connectivity index (χ2v) is 10.5. The molecule has 0 bridgehead atoms. The highest BCUT2D eigenvalue weighted by Gasteiger charge is 2.20. The van der Waals surface area contributed by atoms with Crippen LogP contribution in [0.25, 0.3) is 0 Å². The fraction of sp³-hybridized carbons (Fsp3) is 0.724. The van der Waals surface area contributed by atoms with Gasteiger partial charge in [-0.1, -0.05) is 85.6 Å². The van der Waals surface area contributed by atoms with Gasteiger partial charge in [0.2, 0.25) is 0 Å². The lowest BCUT2D eigenvalue weighted by Gasteiger charge is -2.24. The van der Waals surface area contributed by atoms with Crippen LogP contribution in [0, 0.1) is 35.5 Å². The van der Waals surface area contributed by atoms with Gasteiger partial charge in [0.25, 0.3) is 0 Å². The summed E-state index contributed by atoms with van der Waals surface area (Å²) in [7, 11) is 0. The van der Waals surface area contributed by atoms with Crippen LogP contribution in [0.2, 0.25) is 0 Å². The molecule has 3 atom stereocenters. The van der Waals surface area contributed by atoms with Crippen LogP contribution in [0.1, 0.15) is 100 Å². The molecule has 0 aromatic heterocycles. The Bertz CT molecular complexity index is 642. The van der Waals surface area contributed by atoms with Crippen molar-refractivity contribution < 1.29 is 8.78 Å². The lowest BCUT2D eigenvalue weighted by Crippen LogP contribution is -2.10. The number of rotatable bonds is 11. The number of allylic oxidation sites excluding steroid dienone is 8. The summed E-state index contributed by atoms with van der Waals surface area (Å²) < 4.78 is 30.0. The Labute approximate surface area is 192 Å². The van der Waals surface area contributed by atoms with Gasteiger partial charge in [-0.3, -0.25) is 0 Å². The monoisotopic (exact) mass is 434 g/mol. The Balaban J connectivity index is 2.72. The predicted octanol–water partition coefficient (Wildman–Crippen LogP) is 10.1. The highest BCUT2D eigenvalue weighted by atomic mass is 19.2. The third-order valence-electron chi connectivity index (χ3n) is 7.10. The number of hydrogen-bond acceptors (Lipinski definition) is 0. The first kappa shape index (κ1) is 27.9. The van der Waals surface area contributed by atoms with E-state index in [0.717, 1.165) is 24.7 Å².